The van der Waals surface area contributed by atoms with Gasteiger partial charge in [0.25, 0.3) is 10.0 Å². The number of fused-ring (bicyclic) bond motifs is 1. The van der Waals surface area contributed by atoms with Crippen LogP contribution in [0.25, 0.3) is 12.2 Å². The number of hydrogen-bond acceptors (Lipinski definition) is 6. The van der Waals surface area contributed by atoms with Crippen molar-refractivity contribution in [3.63, 3.8) is 0 Å². The van der Waals surface area contributed by atoms with Gasteiger partial charge in [-0.25, -0.2) is 8.42 Å². The molecule has 1 aliphatic rings. The number of rotatable bonds is 9. The molecule has 254 valence electrons. The Balaban J connectivity index is 1.77. The molecule has 0 fully saturated rings. The summed E-state index contributed by atoms with van der Waals surface area (Å²) in [4.78, 5) is 15.4. The molecular formula is C32H32ClF6N3O4S. The van der Waals surface area contributed by atoms with Gasteiger partial charge in [0.15, 0.2) is 0 Å². The van der Waals surface area contributed by atoms with Crippen LogP contribution in [0.1, 0.15) is 36.1 Å². The number of nitrogens with zero attached hydrogens (tertiary/aromatic N) is 3. The highest BCUT2D eigenvalue weighted by molar-refractivity contribution is 7.92. The Morgan fingerprint density at radius 2 is 1.62 bits per heavy atom. The third-order valence-corrected chi connectivity index (χ3v) is 10.2. The summed E-state index contributed by atoms with van der Waals surface area (Å²) in [6.45, 7) is 4.05. The monoisotopic (exact) mass is 703 g/mol. The number of methoxy groups -OCH3 is 1. The van der Waals surface area contributed by atoms with Crippen molar-refractivity contribution in [1.82, 2.24) is 4.90 Å². The summed E-state index contributed by atoms with van der Waals surface area (Å²) in [6.07, 6.45) is -6.95. The van der Waals surface area contributed by atoms with E-state index in [0.717, 1.165) is 28.6 Å². The summed E-state index contributed by atoms with van der Waals surface area (Å²) in [5.74, 6) is -0.457. The lowest BCUT2D eigenvalue weighted by molar-refractivity contribution is -0.152. The molecule has 0 saturated heterocycles. The highest BCUT2D eigenvalue weighted by atomic mass is 35.5. The van der Waals surface area contributed by atoms with Gasteiger partial charge in [-0.3, -0.25) is 14.0 Å². The third kappa shape index (κ3) is 7.71. The number of halogens is 7. The van der Waals surface area contributed by atoms with Crippen molar-refractivity contribution in [2.75, 3.05) is 49.5 Å². The molecule has 3 aromatic rings. The highest BCUT2D eigenvalue weighted by Crippen LogP contribution is 2.40. The number of hydrogen-bond donors (Lipinski definition) is 0. The number of likely N-dealkylation sites (N-methyl/N-ethyl adjacent to an activating group) is 1. The van der Waals surface area contributed by atoms with E-state index in [1.165, 1.54) is 37.5 Å². The first-order valence-corrected chi connectivity index (χ1v) is 16.0. The van der Waals surface area contributed by atoms with Crippen LogP contribution in [0.2, 0.25) is 5.02 Å². The molecule has 0 unspecified atom stereocenters. The number of alkyl halides is 6. The fourth-order valence-electron chi connectivity index (χ4n) is 5.09. The lowest BCUT2D eigenvalue weighted by atomic mass is 10.0. The maximum absolute atomic E-state index is 13.9. The van der Waals surface area contributed by atoms with Gasteiger partial charge >= 0.3 is 18.3 Å². The van der Waals surface area contributed by atoms with Crippen LogP contribution in [0.15, 0.2) is 65.6 Å². The quantitative estimate of drug-likeness (QED) is 0.131. The molecule has 15 heteroatoms. The van der Waals surface area contributed by atoms with Gasteiger partial charge in [0.2, 0.25) is 0 Å². The van der Waals surface area contributed by atoms with Gasteiger partial charge in [-0.1, -0.05) is 42.0 Å². The maximum Gasteiger partial charge on any atom is 0.417 e. The van der Waals surface area contributed by atoms with Gasteiger partial charge < -0.3 is 9.64 Å². The first-order valence-electron chi connectivity index (χ1n) is 14.2. The molecule has 0 aromatic heterocycles. The number of ether oxygens (including phenoxy) is 1. The molecule has 1 heterocycles. The second-order valence-electron chi connectivity index (χ2n) is 11.3. The predicted octanol–water partition coefficient (Wildman–Crippen LogP) is 7.45. The normalized spacial score (nSPS) is 14.6. The fraction of sp³-hybridized carbons (Fsp3) is 0.344. The number of carbonyl (C=O) groups excluding carboxylic acids is 1. The lowest BCUT2D eigenvalue weighted by Gasteiger charge is -2.40. The van der Waals surface area contributed by atoms with Crippen molar-refractivity contribution in [1.29, 1.82) is 0 Å². The van der Waals surface area contributed by atoms with E-state index in [1.54, 1.807) is 37.9 Å². The minimum Gasteiger partial charge on any atom is -0.468 e. The number of sulfonamides is 1. The SMILES string of the molecule is COC(=O)C(C)(C)N(C)CCN1CCN(S(=O)(=O)c2cccc(C(F)(F)F)c2)c2cc(/C=C/c3c(Cl)cccc3C(F)(F)F)ccc21. The first-order chi connectivity index (χ1) is 21.8. The number of esters is 1. The zero-order chi connectivity index (χ0) is 34.9. The van der Waals surface area contributed by atoms with E-state index in [9.17, 15) is 39.6 Å². The molecule has 0 saturated carbocycles. The molecule has 0 aliphatic carbocycles. The summed E-state index contributed by atoms with van der Waals surface area (Å²) in [5.41, 5.74) is -2.52. The molecule has 0 N–H and O–H groups in total. The molecule has 1 aliphatic heterocycles. The van der Waals surface area contributed by atoms with Gasteiger partial charge in [0.1, 0.15) is 5.54 Å². The average molecular weight is 704 g/mol. The number of anilines is 2. The molecule has 0 radical (unpaired) electrons. The third-order valence-electron chi connectivity index (χ3n) is 8.08. The summed E-state index contributed by atoms with van der Waals surface area (Å²) in [6, 6.07) is 11.4. The summed E-state index contributed by atoms with van der Waals surface area (Å²) >= 11 is 6.09. The van der Waals surface area contributed by atoms with E-state index in [0.29, 0.717) is 30.4 Å². The van der Waals surface area contributed by atoms with Gasteiger partial charge in [-0.15, -0.1) is 0 Å². The van der Waals surface area contributed by atoms with Crippen LogP contribution in [0.4, 0.5) is 37.7 Å². The van der Waals surface area contributed by atoms with Crippen LogP contribution < -0.4 is 9.21 Å². The second kappa shape index (κ2) is 13.4. The predicted molar refractivity (Wildman–Crippen MR) is 169 cm³/mol. The topological polar surface area (TPSA) is 70.2 Å². The highest BCUT2D eigenvalue weighted by Gasteiger charge is 2.37. The molecule has 47 heavy (non-hydrogen) atoms. The largest absolute Gasteiger partial charge is 0.468 e. The van der Waals surface area contributed by atoms with E-state index >= 15 is 0 Å². The van der Waals surface area contributed by atoms with Crippen molar-refractivity contribution < 1.29 is 44.3 Å². The molecule has 7 nitrogen and oxygen atoms in total. The Morgan fingerprint density at radius 3 is 2.26 bits per heavy atom. The molecule has 0 atom stereocenters. The molecule has 0 bridgehead atoms. The Labute approximate surface area is 274 Å². The standard InChI is InChI=1S/C32H32ClF6N3O4S/c1-30(2,29(43)46-4)40(3)15-16-41-17-18-42(47(44,45)23-8-5-7-22(20-23)31(34,35)36)28-19-21(12-14-27(28)41)11-13-24-25(32(37,38)39)9-6-10-26(24)33/h5-14,19-20H,15-18H2,1-4H3/b13-11+. The van der Waals surface area contributed by atoms with Crippen molar-refractivity contribution in [3.05, 3.63) is 87.9 Å². The van der Waals surface area contributed by atoms with Gasteiger partial charge in [0, 0.05) is 30.2 Å². The molecular weight excluding hydrogens is 672 g/mol. The molecule has 0 spiro atoms. The first kappa shape index (κ1) is 36.1. The van der Waals surface area contributed by atoms with Crippen LogP contribution >= 0.6 is 11.6 Å². The fourth-order valence-corrected chi connectivity index (χ4v) is 6.84. The molecule has 3 aromatic carbocycles. The van der Waals surface area contributed by atoms with Gasteiger partial charge in [0.05, 0.1) is 41.1 Å². The number of benzene rings is 3. The van der Waals surface area contributed by atoms with Gasteiger partial charge in [-0.2, -0.15) is 26.3 Å². The van der Waals surface area contributed by atoms with Crippen molar-refractivity contribution in [3.8, 4) is 0 Å². The van der Waals surface area contributed by atoms with Crippen molar-refractivity contribution >= 4 is 51.1 Å². The Morgan fingerprint density at radius 1 is 0.936 bits per heavy atom. The van der Waals surface area contributed by atoms with Gasteiger partial charge in [-0.05, 0) is 68.9 Å². The van der Waals surface area contributed by atoms with E-state index in [1.807, 2.05) is 4.90 Å². The summed E-state index contributed by atoms with van der Waals surface area (Å²) in [7, 11) is -1.52. The van der Waals surface area contributed by atoms with Crippen LogP contribution in [-0.4, -0.2) is 65.2 Å². The lowest BCUT2D eigenvalue weighted by Crippen LogP contribution is -2.52. The summed E-state index contributed by atoms with van der Waals surface area (Å²) < 4.78 is 115. The molecule has 4 rings (SSSR count). The minimum atomic E-state index is -4.78. The maximum atomic E-state index is 13.9. The number of carbonyl (C=O) groups is 1. The van der Waals surface area contributed by atoms with Crippen LogP contribution in [-0.2, 0) is 31.9 Å². The van der Waals surface area contributed by atoms with Crippen LogP contribution in [0.3, 0.4) is 0 Å². The Hall–Kier alpha value is -3.75. The summed E-state index contributed by atoms with van der Waals surface area (Å²) in [5, 5.41) is -0.145. The Kier molecular flexibility index (Phi) is 10.3. The zero-order valence-electron chi connectivity index (χ0n) is 25.8. The van der Waals surface area contributed by atoms with Crippen LogP contribution in [0.5, 0.6) is 0 Å². The second-order valence-corrected chi connectivity index (χ2v) is 13.6. The van der Waals surface area contributed by atoms with E-state index in [-0.39, 0.29) is 29.4 Å². The minimum absolute atomic E-state index is 0.112. The van der Waals surface area contributed by atoms with Crippen molar-refractivity contribution in [2.45, 2.75) is 36.6 Å². The van der Waals surface area contributed by atoms with E-state index in [2.05, 4.69) is 0 Å². The Bertz CT molecular complexity index is 1780. The smallest absolute Gasteiger partial charge is 0.417 e. The van der Waals surface area contributed by atoms with Crippen molar-refractivity contribution in [2.24, 2.45) is 0 Å². The molecule has 0 amide bonds. The van der Waals surface area contributed by atoms with E-state index in [4.69, 9.17) is 16.3 Å². The van der Waals surface area contributed by atoms with Crippen LogP contribution in [0, 0.1) is 0 Å². The average Bonchev–Trinajstić information content (AvgIpc) is 3.01. The zero-order valence-corrected chi connectivity index (χ0v) is 27.4. The van der Waals surface area contributed by atoms with E-state index < -0.39 is 49.9 Å².